The van der Waals surface area contributed by atoms with Gasteiger partial charge in [-0.2, -0.15) is 5.10 Å². The molecule has 0 radical (unpaired) electrons. The largest absolute Gasteiger partial charge is 0.486 e. The highest BCUT2D eigenvalue weighted by Gasteiger charge is 2.22. The molecular formula is C18H25N3O3. The van der Waals surface area contributed by atoms with Crippen molar-refractivity contribution < 1.29 is 14.2 Å². The maximum absolute atomic E-state index is 5.97. The van der Waals surface area contributed by atoms with E-state index in [9.17, 15) is 0 Å². The van der Waals surface area contributed by atoms with E-state index in [2.05, 4.69) is 24.3 Å². The molecule has 1 aliphatic heterocycles. The van der Waals surface area contributed by atoms with Crippen LogP contribution in [0.5, 0.6) is 17.4 Å². The molecule has 0 fully saturated rings. The minimum Gasteiger partial charge on any atom is -0.486 e. The summed E-state index contributed by atoms with van der Waals surface area (Å²) in [7, 11) is 3.59. The quantitative estimate of drug-likeness (QED) is 0.881. The van der Waals surface area contributed by atoms with Gasteiger partial charge in [0.1, 0.15) is 12.7 Å². The van der Waals surface area contributed by atoms with Gasteiger partial charge in [0, 0.05) is 20.1 Å². The van der Waals surface area contributed by atoms with Crippen LogP contribution in [0.3, 0.4) is 0 Å². The first-order chi connectivity index (χ1) is 11.6. The number of rotatable bonds is 6. The van der Waals surface area contributed by atoms with Crippen molar-refractivity contribution in [2.45, 2.75) is 32.4 Å². The summed E-state index contributed by atoms with van der Waals surface area (Å²) >= 11 is 0. The van der Waals surface area contributed by atoms with Crippen molar-refractivity contribution in [1.29, 1.82) is 0 Å². The number of methoxy groups -OCH3 is 1. The first-order valence-electron chi connectivity index (χ1n) is 8.29. The molecule has 1 N–H and O–H groups in total. The summed E-state index contributed by atoms with van der Waals surface area (Å²) in [5, 5.41) is 8.02. The first-order valence-corrected chi connectivity index (χ1v) is 8.29. The van der Waals surface area contributed by atoms with E-state index in [4.69, 9.17) is 14.2 Å². The summed E-state index contributed by atoms with van der Waals surface area (Å²) in [4.78, 5) is 0. The Bertz CT molecular complexity index is 697. The van der Waals surface area contributed by atoms with Crippen molar-refractivity contribution >= 4 is 0 Å². The highest BCUT2D eigenvalue weighted by molar-refractivity contribution is 5.40. The van der Waals surface area contributed by atoms with Crippen LogP contribution in [0.4, 0.5) is 0 Å². The highest BCUT2D eigenvalue weighted by atomic mass is 16.6. The van der Waals surface area contributed by atoms with E-state index in [0.717, 1.165) is 28.6 Å². The van der Waals surface area contributed by atoms with Crippen molar-refractivity contribution in [3.63, 3.8) is 0 Å². The van der Waals surface area contributed by atoms with Crippen LogP contribution in [-0.2, 0) is 13.6 Å². The number of aromatic nitrogens is 2. The minimum absolute atomic E-state index is 0.00920. The van der Waals surface area contributed by atoms with E-state index < -0.39 is 0 Å². The number of nitrogens with zero attached hydrogens (tertiary/aromatic N) is 2. The van der Waals surface area contributed by atoms with E-state index in [-0.39, 0.29) is 6.10 Å². The lowest BCUT2D eigenvalue weighted by Gasteiger charge is -2.26. The van der Waals surface area contributed by atoms with Crippen LogP contribution in [-0.4, -0.2) is 36.1 Å². The fourth-order valence-electron chi connectivity index (χ4n) is 2.98. The molecule has 2 heterocycles. The Kier molecular flexibility index (Phi) is 4.94. The molecule has 130 valence electrons. The lowest BCUT2D eigenvalue weighted by atomic mass is 10.1. The van der Waals surface area contributed by atoms with Crippen LogP contribution >= 0.6 is 0 Å². The van der Waals surface area contributed by atoms with Crippen LogP contribution < -0.4 is 19.5 Å². The number of ether oxygens (including phenoxy) is 3. The smallest absolute Gasteiger partial charge is 0.216 e. The number of para-hydroxylation sites is 2. The van der Waals surface area contributed by atoms with Gasteiger partial charge in [0.25, 0.3) is 0 Å². The second kappa shape index (κ2) is 7.13. The Labute approximate surface area is 142 Å². The van der Waals surface area contributed by atoms with Crippen molar-refractivity contribution in [2.75, 3.05) is 20.3 Å². The topological polar surface area (TPSA) is 57.5 Å². The molecule has 1 aromatic heterocycles. The van der Waals surface area contributed by atoms with Gasteiger partial charge in [-0.25, -0.2) is 4.68 Å². The van der Waals surface area contributed by atoms with E-state index >= 15 is 0 Å². The van der Waals surface area contributed by atoms with Crippen LogP contribution in [0.1, 0.15) is 31.0 Å². The standard InChI is InChI=1S/C18H25N3O3/c1-12(2)17-14(18(22-4)21(3)20-17)10-19-9-13-11-23-15-7-5-6-8-16(15)24-13/h5-8,12-13,19H,9-11H2,1-4H3/t13-/m0/s1. The summed E-state index contributed by atoms with van der Waals surface area (Å²) in [5.41, 5.74) is 2.17. The Morgan fingerprint density at radius 3 is 2.79 bits per heavy atom. The second-order valence-electron chi connectivity index (χ2n) is 6.28. The predicted molar refractivity (Wildman–Crippen MR) is 91.9 cm³/mol. The molecule has 3 rings (SSSR count). The molecule has 0 saturated heterocycles. The molecule has 0 spiro atoms. The molecule has 0 saturated carbocycles. The number of benzene rings is 1. The Hall–Kier alpha value is -2.21. The molecule has 6 heteroatoms. The number of aryl methyl sites for hydroxylation is 1. The molecule has 0 amide bonds. The zero-order valence-corrected chi connectivity index (χ0v) is 14.7. The van der Waals surface area contributed by atoms with Gasteiger partial charge in [-0.3, -0.25) is 0 Å². The third-order valence-electron chi connectivity index (χ3n) is 4.10. The number of nitrogens with one attached hydrogen (secondary N) is 1. The lowest BCUT2D eigenvalue weighted by molar-refractivity contribution is 0.0901. The molecule has 0 bridgehead atoms. The summed E-state index contributed by atoms with van der Waals surface area (Å²) in [5.74, 6) is 2.76. The van der Waals surface area contributed by atoms with Gasteiger partial charge in [-0.05, 0) is 18.1 Å². The Balaban J connectivity index is 1.61. The molecule has 1 atom stereocenters. The maximum Gasteiger partial charge on any atom is 0.216 e. The Morgan fingerprint density at radius 1 is 1.33 bits per heavy atom. The maximum atomic E-state index is 5.97. The van der Waals surface area contributed by atoms with Crippen LogP contribution in [0.15, 0.2) is 24.3 Å². The molecule has 24 heavy (non-hydrogen) atoms. The van der Waals surface area contributed by atoms with Crippen molar-refractivity contribution in [3.8, 4) is 17.4 Å². The predicted octanol–water partition coefficient (Wildman–Crippen LogP) is 2.48. The average molecular weight is 331 g/mol. The van der Waals surface area contributed by atoms with Crippen molar-refractivity contribution in [1.82, 2.24) is 15.1 Å². The highest BCUT2D eigenvalue weighted by Crippen LogP contribution is 2.31. The van der Waals surface area contributed by atoms with Gasteiger partial charge in [-0.1, -0.05) is 26.0 Å². The summed E-state index contributed by atoms with van der Waals surface area (Å²) in [6, 6.07) is 7.76. The summed E-state index contributed by atoms with van der Waals surface area (Å²) < 4.78 is 19.0. The van der Waals surface area contributed by atoms with Crippen LogP contribution in [0, 0.1) is 0 Å². The zero-order valence-electron chi connectivity index (χ0n) is 14.7. The summed E-state index contributed by atoms with van der Waals surface area (Å²) in [6.07, 6.45) is -0.00920. The van der Waals surface area contributed by atoms with Gasteiger partial charge in [0.2, 0.25) is 5.88 Å². The molecule has 6 nitrogen and oxygen atoms in total. The number of fused-ring (bicyclic) bond motifs is 1. The minimum atomic E-state index is -0.00920. The first kappa shape index (κ1) is 16.6. The average Bonchev–Trinajstić information content (AvgIpc) is 2.90. The van der Waals surface area contributed by atoms with Gasteiger partial charge in [0.15, 0.2) is 11.5 Å². The third kappa shape index (κ3) is 3.33. The van der Waals surface area contributed by atoms with Crippen LogP contribution in [0.2, 0.25) is 0 Å². The zero-order chi connectivity index (χ0) is 17.1. The molecule has 2 aromatic rings. The van der Waals surface area contributed by atoms with E-state index in [1.165, 1.54) is 0 Å². The van der Waals surface area contributed by atoms with E-state index in [0.29, 0.717) is 25.6 Å². The molecular weight excluding hydrogens is 306 g/mol. The van der Waals surface area contributed by atoms with Gasteiger partial charge >= 0.3 is 0 Å². The fourth-order valence-corrected chi connectivity index (χ4v) is 2.98. The van der Waals surface area contributed by atoms with Crippen molar-refractivity contribution in [2.24, 2.45) is 7.05 Å². The van der Waals surface area contributed by atoms with Gasteiger partial charge in [0.05, 0.1) is 18.4 Å². The van der Waals surface area contributed by atoms with Crippen LogP contribution in [0.25, 0.3) is 0 Å². The van der Waals surface area contributed by atoms with Crippen molar-refractivity contribution in [3.05, 3.63) is 35.5 Å². The second-order valence-corrected chi connectivity index (χ2v) is 6.28. The number of hydrogen-bond acceptors (Lipinski definition) is 5. The molecule has 0 aliphatic carbocycles. The van der Waals surface area contributed by atoms with Gasteiger partial charge < -0.3 is 19.5 Å². The lowest BCUT2D eigenvalue weighted by Crippen LogP contribution is -2.38. The SMILES string of the molecule is COc1c(CNC[C@H]2COc3ccccc3O2)c(C(C)C)nn1C. The van der Waals surface area contributed by atoms with E-state index in [1.54, 1.807) is 11.8 Å². The fraction of sp³-hybridized carbons (Fsp3) is 0.500. The summed E-state index contributed by atoms with van der Waals surface area (Å²) in [6.45, 7) is 6.21. The third-order valence-corrected chi connectivity index (χ3v) is 4.10. The van der Waals surface area contributed by atoms with Gasteiger partial charge in [-0.15, -0.1) is 0 Å². The normalized spacial score (nSPS) is 16.5. The molecule has 1 aliphatic rings. The number of hydrogen-bond donors (Lipinski definition) is 1. The van der Waals surface area contributed by atoms with E-state index in [1.807, 2.05) is 31.3 Å². The molecule has 0 unspecified atom stereocenters. The Morgan fingerprint density at radius 2 is 2.08 bits per heavy atom. The molecule has 1 aromatic carbocycles. The monoisotopic (exact) mass is 331 g/mol.